The summed E-state index contributed by atoms with van der Waals surface area (Å²) in [6.07, 6.45) is 7.56. The van der Waals surface area contributed by atoms with Crippen LogP contribution in [0.15, 0.2) is 5.38 Å². The molecule has 1 heterocycles. The maximum atomic E-state index is 12.0. The molecule has 1 aromatic rings. The first-order valence-corrected chi connectivity index (χ1v) is 8.57. The first-order chi connectivity index (χ1) is 9.76. The lowest BCUT2D eigenvalue weighted by molar-refractivity contribution is 0.0945. The van der Waals surface area contributed by atoms with Crippen LogP contribution in [0.4, 0.5) is 0 Å². The van der Waals surface area contributed by atoms with Gasteiger partial charge in [-0.2, -0.15) is 0 Å². The molecule has 0 spiro atoms. The average Bonchev–Trinajstić information content (AvgIpc) is 3.14. The number of carbonyl (C=O) groups excluding carboxylic acids is 1. The zero-order valence-corrected chi connectivity index (χ0v) is 13.8. The summed E-state index contributed by atoms with van der Waals surface area (Å²) in [5, 5.41) is 5.80. The summed E-state index contributed by atoms with van der Waals surface area (Å²) in [5.74, 6) is 2.73. The zero-order valence-electron chi connectivity index (χ0n) is 12.2. The quantitative estimate of drug-likeness (QED) is 0.843. The standard InChI is InChI=1S/C15H23N3OS.ClH/c16-5-3-14-18-13(9-20-14)15(19)17-6-4-12-8-10-1-2-11(12)7-10;/h9-12H,1-8,16H2,(H,17,19);1H. The van der Waals surface area contributed by atoms with Crippen molar-refractivity contribution in [2.75, 3.05) is 13.1 Å². The molecule has 3 N–H and O–H groups in total. The van der Waals surface area contributed by atoms with Gasteiger partial charge in [-0.3, -0.25) is 4.79 Å². The normalized spacial score (nSPS) is 26.6. The molecule has 0 radical (unpaired) electrons. The van der Waals surface area contributed by atoms with Crippen molar-refractivity contribution in [2.45, 2.75) is 38.5 Å². The highest BCUT2D eigenvalue weighted by atomic mass is 35.5. The second-order valence-electron chi connectivity index (χ2n) is 6.14. The highest BCUT2D eigenvalue weighted by molar-refractivity contribution is 7.09. The fourth-order valence-electron chi connectivity index (χ4n) is 3.85. The van der Waals surface area contributed by atoms with Gasteiger partial charge in [-0.1, -0.05) is 6.42 Å². The fourth-order valence-corrected chi connectivity index (χ4v) is 4.64. The van der Waals surface area contributed by atoms with Gasteiger partial charge in [-0.15, -0.1) is 23.7 Å². The van der Waals surface area contributed by atoms with Crippen LogP contribution in [0.1, 0.15) is 47.6 Å². The minimum Gasteiger partial charge on any atom is -0.351 e. The number of fused-ring (bicyclic) bond motifs is 2. The van der Waals surface area contributed by atoms with E-state index in [1.54, 1.807) is 0 Å². The highest BCUT2D eigenvalue weighted by Gasteiger charge is 2.38. The number of hydrogen-bond donors (Lipinski definition) is 2. The molecule has 118 valence electrons. The maximum Gasteiger partial charge on any atom is 0.270 e. The van der Waals surface area contributed by atoms with Crippen molar-refractivity contribution < 1.29 is 4.79 Å². The largest absolute Gasteiger partial charge is 0.351 e. The van der Waals surface area contributed by atoms with Crippen LogP contribution in [-0.2, 0) is 6.42 Å². The van der Waals surface area contributed by atoms with E-state index in [4.69, 9.17) is 5.73 Å². The van der Waals surface area contributed by atoms with Gasteiger partial charge in [0, 0.05) is 18.3 Å². The van der Waals surface area contributed by atoms with Crippen molar-refractivity contribution in [3.63, 3.8) is 0 Å². The van der Waals surface area contributed by atoms with E-state index < -0.39 is 0 Å². The number of nitrogens with zero attached hydrogens (tertiary/aromatic N) is 1. The Hall–Kier alpha value is -0.650. The smallest absolute Gasteiger partial charge is 0.270 e. The Morgan fingerprint density at radius 1 is 1.43 bits per heavy atom. The summed E-state index contributed by atoms with van der Waals surface area (Å²) >= 11 is 1.52. The van der Waals surface area contributed by atoms with Crippen LogP contribution in [0.3, 0.4) is 0 Å². The molecule has 2 saturated carbocycles. The molecule has 21 heavy (non-hydrogen) atoms. The fraction of sp³-hybridized carbons (Fsp3) is 0.733. The lowest BCUT2D eigenvalue weighted by atomic mass is 9.86. The lowest BCUT2D eigenvalue weighted by Gasteiger charge is -2.21. The Bertz CT molecular complexity index is 479. The first kappa shape index (κ1) is 16.7. The number of thiazole rings is 1. The van der Waals surface area contributed by atoms with Gasteiger partial charge in [-0.05, 0) is 50.0 Å². The maximum absolute atomic E-state index is 12.0. The molecule has 0 saturated heterocycles. The molecular formula is C15H24ClN3OS. The van der Waals surface area contributed by atoms with Crippen LogP contribution in [0.2, 0.25) is 0 Å². The second kappa shape index (κ2) is 7.56. The van der Waals surface area contributed by atoms with E-state index in [0.717, 1.165) is 42.1 Å². The molecule has 1 aromatic heterocycles. The van der Waals surface area contributed by atoms with Gasteiger partial charge in [0.25, 0.3) is 5.91 Å². The first-order valence-electron chi connectivity index (χ1n) is 7.69. The number of carbonyl (C=O) groups is 1. The minimum absolute atomic E-state index is 0. The van der Waals surface area contributed by atoms with Gasteiger partial charge in [0.15, 0.2) is 0 Å². The predicted molar refractivity (Wildman–Crippen MR) is 88.0 cm³/mol. The second-order valence-corrected chi connectivity index (χ2v) is 7.09. The number of amides is 1. The molecule has 4 nitrogen and oxygen atoms in total. The third-order valence-electron chi connectivity index (χ3n) is 4.83. The lowest BCUT2D eigenvalue weighted by Crippen LogP contribution is -2.27. The Kier molecular flexibility index (Phi) is 6.02. The summed E-state index contributed by atoms with van der Waals surface area (Å²) < 4.78 is 0. The van der Waals surface area contributed by atoms with E-state index in [9.17, 15) is 4.79 Å². The molecular weight excluding hydrogens is 306 g/mol. The summed E-state index contributed by atoms with van der Waals surface area (Å²) in [6, 6.07) is 0. The van der Waals surface area contributed by atoms with E-state index in [0.29, 0.717) is 12.2 Å². The van der Waals surface area contributed by atoms with Gasteiger partial charge >= 0.3 is 0 Å². The third kappa shape index (κ3) is 3.96. The topological polar surface area (TPSA) is 68.0 Å². The van der Waals surface area contributed by atoms with Crippen LogP contribution in [0.5, 0.6) is 0 Å². The molecule has 3 unspecified atom stereocenters. The predicted octanol–water partition coefficient (Wildman–Crippen LogP) is 2.62. The molecule has 2 aliphatic carbocycles. The van der Waals surface area contributed by atoms with Gasteiger partial charge < -0.3 is 11.1 Å². The average molecular weight is 330 g/mol. The van der Waals surface area contributed by atoms with E-state index >= 15 is 0 Å². The van der Waals surface area contributed by atoms with Crippen molar-refractivity contribution in [1.82, 2.24) is 10.3 Å². The van der Waals surface area contributed by atoms with Gasteiger partial charge in [-0.25, -0.2) is 4.98 Å². The monoisotopic (exact) mass is 329 g/mol. The van der Waals surface area contributed by atoms with Crippen LogP contribution in [-0.4, -0.2) is 24.0 Å². The van der Waals surface area contributed by atoms with Crippen molar-refractivity contribution in [1.29, 1.82) is 0 Å². The highest BCUT2D eigenvalue weighted by Crippen LogP contribution is 2.49. The summed E-state index contributed by atoms with van der Waals surface area (Å²) in [7, 11) is 0. The molecule has 3 rings (SSSR count). The molecule has 0 aliphatic heterocycles. The van der Waals surface area contributed by atoms with Crippen LogP contribution >= 0.6 is 23.7 Å². The molecule has 1 amide bonds. The Labute approximate surface area is 136 Å². The molecule has 6 heteroatoms. The Balaban J connectivity index is 0.00000161. The molecule has 2 fully saturated rings. The summed E-state index contributed by atoms with van der Waals surface area (Å²) in [5.41, 5.74) is 6.04. The summed E-state index contributed by atoms with van der Waals surface area (Å²) in [4.78, 5) is 16.3. The number of nitrogens with one attached hydrogen (secondary N) is 1. The van der Waals surface area contributed by atoms with Crippen molar-refractivity contribution in [2.24, 2.45) is 23.5 Å². The van der Waals surface area contributed by atoms with Crippen LogP contribution in [0.25, 0.3) is 0 Å². The van der Waals surface area contributed by atoms with Gasteiger partial charge in [0.2, 0.25) is 0 Å². The van der Waals surface area contributed by atoms with Crippen molar-refractivity contribution >= 4 is 29.7 Å². The molecule has 0 aromatic carbocycles. The van der Waals surface area contributed by atoms with Crippen molar-refractivity contribution in [3.05, 3.63) is 16.1 Å². The van der Waals surface area contributed by atoms with Crippen LogP contribution in [0, 0.1) is 17.8 Å². The summed E-state index contributed by atoms with van der Waals surface area (Å²) in [6.45, 7) is 1.37. The SMILES string of the molecule is Cl.NCCc1nc(C(=O)NCCC2CC3CCC2C3)cs1. The number of halogens is 1. The van der Waals surface area contributed by atoms with E-state index in [1.807, 2.05) is 5.38 Å². The molecule has 2 aliphatic rings. The zero-order chi connectivity index (χ0) is 13.9. The van der Waals surface area contributed by atoms with E-state index in [1.165, 1.54) is 37.0 Å². The van der Waals surface area contributed by atoms with Crippen molar-refractivity contribution in [3.8, 4) is 0 Å². The third-order valence-corrected chi connectivity index (χ3v) is 5.74. The molecule has 2 bridgehead atoms. The van der Waals surface area contributed by atoms with Gasteiger partial charge in [0.05, 0.1) is 5.01 Å². The van der Waals surface area contributed by atoms with E-state index in [-0.39, 0.29) is 18.3 Å². The minimum atomic E-state index is -0.0346. The Morgan fingerprint density at radius 2 is 2.29 bits per heavy atom. The molecule has 3 atom stereocenters. The van der Waals surface area contributed by atoms with Crippen LogP contribution < -0.4 is 11.1 Å². The number of rotatable bonds is 6. The Morgan fingerprint density at radius 3 is 2.95 bits per heavy atom. The van der Waals surface area contributed by atoms with Gasteiger partial charge in [0.1, 0.15) is 5.69 Å². The number of aromatic nitrogens is 1. The number of nitrogens with two attached hydrogens (primary N) is 1. The number of hydrogen-bond acceptors (Lipinski definition) is 4. The van der Waals surface area contributed by atoms with E-state index in [2.05, 4.69) is 10.3 Å².